The third-order valence-corrected chi connectivity index (χ3v) is 5.27. The van der Waals surface area contributed by atoms with Gasteiger partial charge in [-0.1, -0.05) is 6.07 Å². The van der Waals surface area contributed by atoms with Gasteiger partial charge in [0, 0.05) is 11.6 Å². The summed E-state index contributed by atoms with van der Waals surface area (Å²) >= 11 is 3.06. The SMILES string of the molecule is CCOC(=O)c1ccc(N=CC(C#N)c2nc(-c3cccs3)cs2)cc1. The number of hydrogen-bond donors (Lipinski definition) is 0. The molecule has 3 aromatic rings. The molecule has 0 aliphatic heterocycles. The van der Waals surface area contributed by atoms with E-state index in [4.69, 9.17) is 4.74 Å². The van der Waals surface area contributed by atoms with E-state index in [0.29, 0.717) is 22.9 Å². The Bertz CT molecular complexity index is 938. The number of nitrogens with zero attached hydrogens (tertiary/aromatic N) is 3. The van der Waals surface area contributed by atoms with Gasteiger partial charge in [0.1, 0.15) is 10.9 Å². The van der Waals surface area contributed by atoms with Crippen molar-refractivity contribution in [3.8, 4) is 16.6 Å². The molecule has 1 atom stereocenters. The first-order valence-electron chi connectivity index (χ1n) is 7.91. The number of carbonyl (C=O) groups excluding carboxylic acids is 1. The zero-order valence-corrected chi connectivity index (χ0v) is 15.6. The Morgan fingerprint density at radius 2 is 2.15 bits per heavy atom. The lowest BCUT2D eigenvalue weighted by Crippen LogP contribution is -2.03. The summed E-state index contributed by atoms with van der Waals surface area (Å²) in [5.41, 5.74) is 2.02. The number of aliphatic imine (C=N–C) groups is 1. The molecule has 0 saturated carbocycles. The second kappa shape index (κ2) is 8.52. The van der Waals surface area contributed by atoms with Crippen LogP contribution in [0.25, 0.3) is 10.6 Å². The van der Waals surface area contributed by atoms with E-state index < -0.39 is 5.92 Å². The fourth-order valence-corrected chi connectivity index (χ4v) is 3.76. The third kappa shape index (κ3) is 4.23. The van der Waals surface area contributed by atoms with Crippen molar-refractivity contribution in [3.63, 3.8) is 0 Å². The minimum atomic E-state index is -0.515. The molecule has 3 rings (SSSR count). The Hall–Kier alpha value is -2.82. The Morgan fingerprint density at radius 1 is 1.35 bits per heavy atom. The molecule has 0 aliphatic carbocycles. The molecule has 0 radical (unpaired) electrons. The maximum atomic E-state index is 11.6. The zero-order chi connectivity index (χ0) is 18.4. The molecule has 0 spiro atoms. The number of carbonyl (C=O) groups is 1. The van der Waals surface area contributed by atoms with Crippen molar-refractivity contribution in [2.24, 2.45) is 4.99 Å². The predicted octanol–water partition coefficient (Wildman–Crippen LogP) is 5.06. The summed E-state index contributed by atoms with van der Waals surface area (Å²) in [6, 6.07) is 13.0. The van der Waals surface area contributed by atoms with E-state index >= 15 is 0 Å². The normalized spacial score (nSPS) is 12.0. The van der Waals surface area contributed by atoms with E-state index in [-0.39, 0.29) is 5.97 Å². The molecule has 130 valence electrons. The van der Waals surface area contributed by atoms with Crippen molar-refractivity contribution < 1.29 is 9.53 Å². The highest BCUT2D eigenvalue weighted by atomic mass is 32.1. The van der Waals surface area contributed by atoms with Crippen LogP contribution in [0, 0.1) is 11.3 Å². The molecule has 1 aromatic carbocycles. The van der Waals surface area contributed by atoms with E-state index in [9.17, 15) is 10.1 Å². The van der Waals surface area contributed by atoms with Crippen molar-refractivity contribution in [3.05, 3.63) is 57.7 Å². The second-order valence-corrected chi connectivity index (χ2v) is 7.04. The highest BCUT2D eigenvalue weighted by Crippen LogP contribution is 2.29. The number of thiazole rings is 1. The third-order valence-electron chi connectivity index (χ3n) is 3.45. The predicted molar refractivity (Wildman–Crippen MR) is 104 cm³/mol. The van der Waals surface area contributed by atoms with Gasteiger partial charge in [0.15, 0.2) is 0 Å². The average Bonchev–Trinajstić information content (AvgIpc) is 3.35. The van der Waals surface area contributed by atoms with E-state index in [0.717, 1.165) is 10.6 Å². The van der Waals surface area contributed by atoms with Crippen molar-refractivity contribution in [2.45, 2.75) is 12.8 Å². The standard InChI is InChI=1S/C19H15N3O2S2/c1-2-24-19(23)13-5-7-15(8-6-13)21-11-14(10-20)18-22-16(12-26-18)17-4-3-9-25-17/h3-9,11-12,14H,2H2,1H3. The minimum Gasteiger partial charge on any atom is -0.462 e. The number of rotatable bonds is 6. The molecule has 0 N–H and O–H groups in total. The summed E-state index contributed by atoms with van der Waals surface area (Å²) in [5, 5.41) is 14.1. The highest BCUT2D eigenvalue weighted by molar-refractivity contribution is 7.14. The van der Waals surface area contributed by atoms with Crippen LogP contribution in [0.5, 0.6) is 0 Å². The molecule has 0 saturated heterocycles. The Labute approximate surface area is 159 Å². The molecule has 2 heterocycles. The first-order valence-corrected chi connectivity index (χ1v) is 9.67. The van der Waals surface area contributed by atoms with E-state index in [1.807, 2.05) is 22.9 Å². The van der Waals surface area contributed by atoms with Gasteiger partial charge >= 0.3 is 5.97 Å². The topological polar surface area (TPSA) is 75.3 Å². The van der Waals surface area contributed by atoms with E-state index in [2.05, 4.69) is 16.0 Å². The van der Waals surface area contributed by atoms with Crippen molar-refractivity contribution in [2.75, 3.05) is 6.61 Å². The molecule has 0 aliphatic rings. The quantitative estimate of drug-likeness (QED) is 0.442. The summed E-state index contributed by atoms with van der Waals surface area (Å²) < 4.78 is 4.95. The number of aromatic nitrogens is 1. The van der Waals surface area contributed by atoms with Crippen LogP contribution in [0.3, 0.4) is 0 Å². The largest absolute Gasteiger partial charge is 0.462 e. The lowest BCUT2D eigenvalue weighted by molar-refractivity contribution is 0.0526. The molecular weight excluding hydrogens is 366 g/mol. The molecule has 2 aromatic heterocycles. The first kappa shape index (κ1) is 18.0. The van der Waals surface area contributed by atoms with Gasteiger partial charge in [-0.2, -0.15) is 5.26 Å². The Kier molecular flexibility index (Phi) is 5.89. The van der Waals surface area contributed by atoms with Gasteiger partial charge in [0.25, 0.3) is 0 Å². The lowest BCUT2D eigenvalue weighted by atomic mass is 10.2. The van der Waals surface area contributed by atoms with Crippen LogP contribution in [0.2, 0.25) is 0 Å². The lowest BCUT2D eigenvalue weighted by Gasteiger charge is -2.02. The molecule has 0 amide bonds. The van der Waals surface area contributed by atoms with Crippen LogP contribution in [0.1, 0.15) is 28.2 Å². The van der Waals surface area contributed by atoms with Gasteiger partial charge in [-0.15, -0.1) is 22.7 Å². The van der Waals surface area contributed by atoms with Crippen LogP contribution < -0.4 is 0 Å². The summed E-state index contributed by atoms with van der Waals surface area (Å²) in [5.74, 6) is -0.875. The van der Waals surface area contributed by atoms with E-state index in [1.165, 1.54) is 11.3 Å². The van der Waals surface area contributed by atoms with Gasteiger partial charge in [-0.05, 0) is 42.6 Å². The molecule has 0 bridgehead atoms. The highest BCUT2D eigenvalue weighted by Gasteiger charge is 2.14. The summed E-state index contributed by atoms with van der Waals surface area (Å²) in [6.07, 6.45) is 1.58. The van der Waals surface area contributed by atoms with Crippen LogP contribution in [-0.2, 0) is 4.74 Å². The van der Waals surface area contributed by atoms with Gasteiger partial charge in [0.05, 0.1) is 34.5 Å². The number of nitriles is 1. The number of esters is 1. The summed E-state index contributed by atoms with van der Waals surface area (Å²) in [4.78, 5) is 21.6. The van der Waals surface area contributed by atoms with Gasteiger partial charge < -0.3 is 4.74 Å². The molecule has 1 unspecified atom stereocenters. The van der Waals surface area contributed by atoms with Crippen LogP contribution in [-0.4, -0.2) is 23.8 Å². The van der Waals surface area contributed by atoms with Gasteiger partial charge in [-0.3, -0.25) is 4.99 Å². The van der Waals surface area contributed by atoms with Crippen molar-refractivity contribution in [1.82, 2.24) is 4.98 Å². The minimum absolute atomic E-state index is 0.337. The average molecular weight is 381 g/mol. The van der Waals surface area contributed by atoms with Crippen LogP contribution >= 0.6 is 22.7 Å². The number of benzene rings is 1. The Balaban J connectivity index is 1.72. The van der Waals surface area contributed by atoms with Crippen molar-refractivity contribution >= 4 is 40.5 Å². The number of thiophene rings is 1. The maximum absolute atomic E-state index is 11.6. The fraction of sp³-hybridized carbons (Fsp3) is 0.158. The zero-order valence-electron chi connectivity index (χ0n) is 14.0. The Morgan fingerprint density at radius 3 is 2.81 bits per heavy atom. The summed E-state index contributed by atoms with van der Waals surface area (Å²) in [7, 11) is 0. The maximum Gasteiger partial charge on any atom is 0.338 e. The molecule has 7 heteroatoms. The molecular formula is C19H15N3O2S2. The second-order valence-electron chi connectivity index (χ2n) is 5.20. The van der Waals surface area contributed by atoms with Crippen molar-refractivity contribution in [1.29, 1.82) is 5.26 Å². The summed E-state index contributed by atoms with van der Waals surface area (Å²) in [6.45, 7) is 2.10. The van der Waals surface area contributed by atoms with Gasteiger partial charge in [0.2, 0.25) is 0 Å². The monoisotopic (exact) mass is 381 g/mol. The molecule has 0 fully saturated rings. The first-order chi connectivity index (χ1) is 12.7. The van der Waals surface area contributed by atoms with Gasteiger partial charge in [-0.25, -0.2) is 9.78 Å². The van der Waals surface area contributed by atoms with Crippen LogP contribution in [0.15, 0.2) is 52.2 Å². The molecule has 5 nitrogen and oxygen atoms in total. The van der Waals surface area contributed by atoms with Crippen LogP contribution in [0.4, 0.5) is 5.69 Å². The number of hydrogen-bond acceptors (Lipinski definition) is 7. The molecule has 26 heavy (non-hydrogen) atoms. The fourth-order valence-electron chi connectivity index (χ4n) is 2.18. The number of ether oxygens (including phenoxy) is 1. The smallest absolute Gasteiger partial charge is 0.338 e. The van der Waals surface area contributed by atoms with E-state index in [1.54, 1.807) is 48.7 Å².